The Morgan fingerprint density at radius 2 is 0.792 bits per heavy atom. The monoisotopic (exact) mass is 330 g/mol. The predicted octanol–water partition coefficient (Wildman–Crippen LogP) is 7.58. The molecule has 0 amide bonds. The lowest BCUT2D eigenvalue weighted by Gasteiger charge is -2.39. The van der Waals surface area contributed by atoms with E-state index in [0.29, 0.717) is 10.8 Å². The summed E-state index contributed by atoms with van der Waals surface area (Å²) in [7, 11) is 0. The first-order chi connectivity index (χ1) is 11.2. The highest BCUT2D eigenvalue weighted by Crippen LogP contribution is 2.45. The molecule has 0 fully saturated rings. The average Bonchev–Trinajstić information content (AvgIpc) is 2.61. The van der Waals surface area contributed by atoms with Gasteiger partial charge in [0, 0.05) is 0 Å². The van der Waals surface area contributed by atoms with Crippen LogP contribution in [-0.2, 0) is 23.7 Å². The van der Waals surface area contributed by atoms with E-state index in [1.807, 2.05) is 0 Å². The van der Waals surface area contributed by atoms with E-state index in [1.165, 1.54) is 25.7 Å². The van der Waals surface area contributed by atoms with Gasteiger partial charge >= 0.3 is 0 Å². The van der Waals surface area contributed by atoms with Crippen LogP contribution in [0.5, 0.6) is 0 Å². The Kier molecular flexibility index (Phi) is 7.15. The summed E-state index contributed by atoms with van der Waals surface area (Å²) in [6.45, 7) is 23.9. The highest BCUT2D eigenvalue weighted by Gasteiger charge is 2.34. The Labute approximate surface area is 152 Å². The Hall–Kier alpha value is -0.780. The molecule has 0 bridgehead atoms. The molecule has 1 aromatic rings. The Balaban J connectivity index is 3.98. The summed E-state index contributed by atoms with van der Waals surface area (Å²) >= 11 is 0. The molecule has 0 aromatic heterocycles. The van der Waals surface area contributed by atoms with Crippen LogP contribution in [0.25, 0.3) is 0 Å². The molecule has 0 aliphatic heterocycles. The van der Waals surface area contributed by atoms with Crippen molar-refractivity contribution in [3.63, 3.8) is 0 Å². The minimum Gasteiger partial charge on any atom is -0.0645 e. The molecule has 24 heavy (non-hydrogen) atoms. The molecule has 0 heteroatoms. The van der Waals surface area contributed by atoms with Crippen molar-refractivity contribution < 1.29 is 0 Å². The SMILES string of the molecule is CCc1c(C)c(C(C)(CC)CC)c(CC)c(C)c1C(C)(CC)CC. The fraction of sp³-hybridized carbons (Fsp3) is 0.750. The lowest BCUT2D eigenvalue weighted by Crippen LogP contribution is -2.29. The van der Waals surface area contributed by atoms with E-state index >= 15 is 0 Å². The maximum Gasteiger partial charge on any atom is -0.00749 e. The van der Waals surface area contributed by atoms with Crippen LogP contribution in [0.3, 0.4) is 0 Å². The maximum absolute atomic E-state index is 2.48. The van der Waals surface area contributed by atoms with Crippen molar-refractivity contribution in [1.29, 1.82) is 0 Å². The fourth-order valence-electron chi connectivity index (χ4n) is 4.85. The van der Waals surface area contributed by atoms with Gasteiger partial charge in [-0.2, -0.15) is 0 Å². The molecule has 0 atom stereocenters. The van der Waals surface area contributed by atoms with Gasteiger partial charge in [0.2, 0.25) is 0 Å². The van der Waals surface area contributed by atoms with Gasteiger partial charge < -0.3 is 0 Å². The van der Waals surface area contributed by atoms with E-state index in [2.05, 4.69) is 69.2 Å². The quantitative estimate of drug-likeness (QED) is 0.460. The molecule has 138 valence electrons. The summed E-state index contributed by atoms with van der Waals surface area (Å²) in [5.74, 6) is 0. The summed E-state index contributed by atoms with van der Waals surface area (Å²) in [4.78, 5) is 0. The zero-order chi connectivity index (χ0) is 18.7. The molecule has 1 aromatic carbocycles. The van der Waals surface area contributed by atoms with Gasteiger partial charge in [0.05, 0.1) is 0 Å². The van der Waals surface area contributed by atoms with E-state index in [9.17, 15) is 0 Å². The average molecular weight is 331 g/mol. The molecule has 0 spiro atoms. The van der Waals surface area contributed by atoms with Crippen LogP contribution in [0.15, 0.2) is 0 Å². The topological polar surface area (TPSA) is 0 Å². The molecule has 0 nitrogen and oxygen atoms in total. The highest BCUT2D eigenvalue weighted by atomic mass is 14.4. The van der Waals surface area contributed by atoms with Crippen molar-refractivity contribution >= 4 is 0 Å². The van der Waals surface area contributed by atoms with Crippen molar-refractivity contribution in [2.75, 3.05) is 0 Å². The van der Waals surface area contributed by atoms with Gasteiger partial charge in [-0.15, -0.1) is 0 Å². The summed E-state index contributed by atoms with van der Waals surface area (Å²) < 4.78 is 0. The zero-order valence-electron chi connectivity index (χ0n) is 18.2. The first-order valence-corrected chi connectivity index (χ1v) is 10.4. The molecule has 0 aliphatic carbocycles. The zero-order valence-corrected chi connectivity index (χ0v) is 18.2. The lowest BCUT2D eigenvalue weighted by atomic mass is 9.65. The molecule has 0 unspecified atom stereocenters. The maximum atomic E-state index is 2.48. The third-order valence-corrected chi connectivity index (χ3v) is 7.29. The van der Waals surface area contributed by atoms with Crippen LogP contribution in [0, 0.1) is 13.8 Å². The molecule has 0 radical (unpaired) electrons. The molecule has 1 rings (SSSR count). The number of hydrogen-bond acceptors (Lipinski definition) is 0. The first-order valence-electron chi connectivity index (χ1n) is 10.4. The number of rotatable bonds is 8. The predicted molar refractivity (Wildman–Crippen MR) is 111 cm³/mol. The molecule has 0 aliphatic rings. The third-order valence-electron chi connectivity index (χ3n) is 7.29. The van der Waals surface area contributed by atoms with Crippen LogP contribution in [-0.4, -0.2) is 0 Å². The number of benzene rings is 1. The Morgan fingerprint density at radius 3 is 0.958 bits per heavy atom. The van der Waals surface area contributed by atoms with Crippen molar-refractivity contribution in [2.24, 2.45) is 0 Å². The molecule has 0 heterocycles. The summed E-state index contributed by atoms with van der Waals surface area (Å²) in [5, 5.41) is 0. The summed E-state index contributed by atoms with van der Waals surface area (Å²) in [6.07, 6.45) is 7.18. The van der Waals surface area contributed by atoms with E-state index in [-0.39, 0.29) is 0 Å². The normalized spacial score (nSPS) is 12.8. The van der Waals surface area contributed by atoms with Crippen molar-refractivity contribution in [1.82, 2.24) is 0 Å². The molecule has 0 saturated carbocycles. The van der Waals surface area contributed by atoms with Crippen LogP contribution in [0.4, 0.5) is 0 Å². The van der Waals surface area contributed by atoms with Gasteiger partial charge in [0.15, 0.2) is 0 Å². The molecular weight excluding hydrogens is 288 g/mol. The minimum atomic E-state index is 0.303. The van der Waals surface area contributed by atoms with Crippen molar-refractivity contribution in [3.05, 3.63) is 33.4 Å². The third kappa shape index (κ3) is 3.31. The van der Waals surface area contributed by atoms with Crippen LogP contribution in [0.2, 0.25) is 0 Å². The van der Waals surface area contributed by atoms with Crippen LogP contribution in [0.1, 0.15) is 114 Å². The second kappa shape index (κ2) is 8.07. The second-order valence-electron chi connectivity index (χ2n) is 8.20. The molecule has 0 saturated heterocycles. The van der Waals surface area contributed by atoms with E-state index < -0.39 is 0 Å². The fourth-order valence-corrected chi connectivity index (χ4v) is 4.85. The highest BCUT2D eigenvalue weighted by molar-refractivity contribution is 5.56. The van der Waals surface area contributed by atoms with Gasteiger partial charge in [0.25, 0.3) is 0 Å². The van der Waals surface area contributed by atoms with Gasteiger partial charge in [0.1, 0.15) is 0 Å². The standard InChI is InChI=1S/C24H42/c1-11-19-17(7)22(24(10,15-5)16-6)20(12-2)18(8)21(19)23(9,13-3)14-4/h11-16H2,1-10H3. The number of hydrogen-bond donors (Lipinski definition) is 0. The van der Waals surface area contributed by atoms with Gasteiger partial charge in [-0.1, -0.05) is 55.4 Å². The largest absolute Gasteiger partial charge is 0.0645 e. The summed E-state index contributed by atoms with van der Waals surface area (Å²) in [6, 6.07) is 0. The second-order valence-corrected chi connectivity index (χ2v) is 8.20. The van der Waals surface area contributed by atoms with Crippen LogP contribution < -0.4 is 0 Å². The first kappa shape index (κ1) is 21.3. The molecular formula is C24H42. The van der Waals surface area contributed by atoms with Gasteiger partial charge in [-0.3, -0.25) is 0 Å². The van der Waals surface area contributed by atoms with Crippen molar-refractivity contribution in [3.8, 4) is 0 Å². The molecule has 0 N–H and O–H groups in total. The minimum absolute atomic E-state index is 0.303. The Bertz CT molecular complexity index is 502. The van der Waals surface area contributed by atoms with Crippen molar-refractivity contribution in [2.45, 2.75) is 119 Å². The lowest BCUT2D eigenvalue weighted by molar-refractivity contribution is 0.419. The van der Waals surface area contributed by atoms with Crippen LogP contribution >= 0.6 is 0 Å². The smallest absolute Gasteiger partial charge is 0.00749 e. The summed E-state index contributed by atoms with van der Waals surface area (Å²) in [5.41, 5.74) is 10.4. The van der Waals surface area contributed by atoms with Gasteiger partial charge in [-0.05, 0) is 96.6 Å². The van der Waals surface area contributed by atoms with E-state index in [0.717, 1.165) is 12.8 Å². The Morgan fingerprint density at radius 1 is 0.542 bits per heavy atom. The van der Waals surface area contributed by atoms with Gasteiger partial charge in [-0.25, -0.2) is 0 Å². The van der Waals surface area contributed by atoms with E-state index in [4.69, 9.17) is 0 Å². The van der Waals surface area contributed by atoms with E-state index in [1.54, 1.807) is 33.4 Å².